The minimum atomic E-state index is -0.614. The Morgan fingerprint density at radius 2 is 1.97 bits per heavy atom. The van der Waals surface area contributed by atoms with Gasteiger partial charge in [0, 0.05) is 17.7 Å². The fourth-order valence-electron chi connectivity index (χ4n) is 4.22. The Hall–Kier alpha value is -3.54. The topological polar surface area (TPSA) is 81.1 Å². The van der Waals surface area contributed by atoms with Crippen LogP contribution in [0.3, 0.4) is 0 Å². The normalized spacial score (nSPS) is 16.4. The number of fused-ring (bicyclic) bond motifs is 1. The fraction of sp³-hybridized carbons (Fsp3) is 0.280. The van der Waals surface area contributed by atoms with E-state index in [2.05, 4.69) is 16.9 Å². The van der Waals surface area contributed by atoms with E-state index in [1.807, 2.05) is 43.3 Å². The molecule has 0 aliphatic carbocycles. The molecule has 0 saturated carbocycles. The highest BCUT2D eigenvalue weighted by Gasteiger charge is 2.28. The first-order chi connectivity index (χ1) is 14.8. The van der Waals surface area contributed by atoms with E-state index in [1.54, 1.807) is 13.0 Å². The zero-order valence-corrected chi connectivity index (χ0v) is 17.8. The Morgan fingerprint density at radius 3 is 2.71 bits per heavy atom. The van der Waals surface area contributed by atoms with E-state index in [0.717, 1.165) is 11.1 Å². The lowest BCUT2D eigenvalue weighted by Gasteiger charge is -2.26. The van der Waals surface area contributed by atoms with Crippen LogP contribution >= 0.6 is 0 Å². The zero-order chi connectivity index (χ0) is 22.1. The molecular formula is C25H25N3O3. The van der Waals surface area contributed by atoms with Crippen LogP contribution in [0.2, 0.25) is 0 Å². The molecular weight excluding hydrogens is 390 g/mol. The second-order valence-electron chi connectivity index (χ2n) is 8.09. The number of rotatable bonds is 5. The quantitative estimate of drug-likeness (QED) is 0.643. The molecule has 158 valence electrons. The van der Waals surface area contributed by atoms with E-state index in [0.29, 0.717) is 53.7 Å². The predicted octanol–water partition coefficient (Wildman–Crippen LogP) is 3.79. The maximum Gasteiger partial charge on any atom is 0.262 e. The second kappa shape index (κ2) is 8.30. The Morgan fingerprint density at radius 1 is 1.19 bits per heavy atom. The summed E-state index contributed by atoms with van der Waals surface area (Å²) in [6.45, 7) is 7.50. The fourth-order valence-corrected chi connectivity index (χ4v) is 4.22. The third-order valence-corrected chi connectivity index (χ3v) is 5.79. The van der Waals surface area contributed by atoms with Gasteiger partial charge in [0.05, 0.1) is 10.9 Å². The summed E-state index contributed by atoms with van der Waals surface area (Å²) >= 11 is 0. The summed E-state index contributed by atoms with van der Waals surface area (Å²) in [6, 6.07) is 12.4. The van der Waals surface area contributed by atoms with Crippen molar-refractivity contribution in [1.82, 2.24) is 14.9 Å². The first-order valence-electron chi connectivity index (χ1n) is 10.4. The van der Waals surface area contributed by atoms with E-state index < -0.39 is 6.04 Å². The van der Waals surface area contributed by atoms with Gasteiger partial charge in [0.15, 0.2) is 5.78 Å². The number of amides is 1. The van der Waals surface area contributed by atoms with Gasteiger partial charge >= 0.3 is 0 Å². The first-order valence-corrected chi connectivity index (χ1v) is 10.4. The molecule has 4 rings (SSSR count). The molecule has 1 aliphatic rings. The van der Waals surface area contributed by atoms with Gasteiger partial charge in [-0.1, -0.05) is 42.5 Å². The third-order valence-electron chi connectivity index (χ3n) is 5.79. The Bertz CT molecular complexity index is 1270. The van der Waals surface area contributed by atoms with Gasteiger partial charge in [0.1, 0.15) is 11.9 Å². The number of hydrogen-bond donors (Lipinski definition) is 1. The molecule has 0 spiro atoms. The van der Waals surface area contributed by atoms with Crippen LogP contribution in [0.25, 0.3) is 10.9 Å². The molecule has 1 saturated heterocycles. The van der Waals surface area contributed by atoms with E-state index in [1.165, 1.54) is 4.57 Å². The van der Waals surface area contributed by atoms with Gasteiger partial charge in [-0.15, -0.1) is 0 Å². The highest BCUT2D eigenvalue weighted by molar-refractivity contribution is 5.96. The molecule has 1 unspecified atom stereocenters. The summed E-state index contributed by atoms with van der Waals surface area (Å²) in [7, 11) is 0. The number of carbonyl (C=O) groups is 2. The van der Waals surface area contributed by atoms with Gasteiger partial charge in [0.25, 0.3) is 5.56 Å². The molecule has 1 aromatic heterocycles. The van der Waals surface area contributed by atoms with Crippen LogP contribution in [0.5, 0.6) is 0 Å². The first kappa shape index (κ1) is 20.7. The maximum absolute atomic E-state index is 13.5. The van der Waals surface area contributed by atoms with Crippen LogP contribution in [0.4, 0.5) is 0 Å². The van der Waals surface area contributed by atoms with Gasteiger partial charge in [-0.25, -0.2) is 4.98 Å². The van der Waals surface area contributed by atoms with E-state index in [9.17, 15) is 14.4 Å². The number of ketones is 1. The van der Waals surface area contributed by atoms with Crippen molar-refractivity contribution in [3.8, 4) is 0 Å². The van der Waals surface area contributed by atoms with Crippen LogP contribution in [-0.4, -0.2) is 21.2 Å². The van der Waals surface area contributed by atoms with Crippen LogP contribution in [-0.2, 0) is 11.2 Å². The Labute approximate surface area is 180 Å². The van der Waals surface area contributed by atoms with Crippen LogP contribution in [0.15, 0.2) is 59.5 Å². The molecule has 1 N–H and O–H groups in total. The lowest BCUT2D eigenvalue weighted by Crippen LogP contribution is -2.41. The molecule has 0 radical (unpaired) electrons. The SMILES string of the molecule is C=C1CCC(n2c(C)nc3cccc(CCC(=O)c4cccc(C)c4)c3c2=O)C(=O)N1. The number of nitrogens with zero attached hydrogens (tertiary/aromatic N) is 2. The van der Waals surface area contributed by atoms with Crippen molar-refractivity contribution in [2.24, 2.45) is 0 Å². The maximum atomic E-state index is 13.5. The number of hydrogen-bond acceptors (Lipinski definition) is 4. The summed E-state index contributed by atoms with van der Waals surface area (Å²) in [5, 5.41) is 3.22. The van der Waals surface area contributed by atoms with Gasteiger partial charge < -0.3 is 5.32 Å². The number of benzene rings is 2. The van der Waals surface area contributed by atoms with Crippen molar-refractivity contribution in [3.63, 3.8) is 0 Å². The van der Waals surface area contributed by atoms with E-state index >= 15 is 0 Å². The van der Waals surface area contributed by atoms with E-state index in [-0.39, 0.29) is 17.2 Å². The largest absolute Gasteiger partial charge is 0.329 e. The number of nitrogens with one attached hydrogen (secondary N) is 1. The third kappa shape index (κ3) is 4.06. The molecule has 2 aromatic carbocycles. The molecule has 3 aromatic rings. The number of piperidine rings is 1. The summed E-state index contributed by atoms with van der Waals surface area (Å²) < 4.78 is 1.48. The predicted molar refractivity (Wildman–Crippen MR) is 120 cm³/mol. The molecule has 2 heterocycles. The molecule has 1 amide bonds. The van der Waals surface area contributed by atoms with Crippen molar-refractivity contribution in [1.29, 1.82) is 0 Å². The number of Topliss-reactive ketones (excluding diaryl/α,β-unsaturated/α-hetero) is 1. The minimum absolute atomic E-state index is 0.0336. The van der Waals surface area contributed by atoms with Crippen molar-refractivity contribution < 1.29 is 9.59 Å². The van der Waals surface area contributed by atoms with Crippen LogP contribution < -0.4 is 10.9 Å². The summed E-state index contributed by atoms with van der Waals surface area (Å²) in [5.41, 5.74) is 3.48. The lowest BCUT2D eigenvalue weighted by molar-refractivity contribution is -0.124. The number of aromatic nitrogens is 2. The average Bonchev–Trinajstić information content (AvgIpc) is 2.73. The summed E-state index contributed by atoms with van der Waals surface area (Å²) in [5.74, 6) is 0.291. The number of aryl methyl sites for hydroxylation is 3. The Kier molecular flexibility index (Phi) is 5.55. The van der Waals surface area contributed by atoms with Crippen LogP contribution in [0.1, 0.15) is 52.6 Å². The Balaban J connectivity index is 1.70. The smallest absolute Gasteiger partial charge is 0.262 e. The van der Waals surface area contributed by atoms with Gasteiger partial charge in [-0.3, -0.25) is 19.0 Å². The molecule has 31 heavy (non-hydrogen) atoms. The highest BCUT2D eigenvalue weighted by atomic mass is 16.2. The summed E-state index contributed by atoms with van der Waals surface area (Å²) in [6.07, 6.45) is 1.84. The molecule has 6 heteroatoms. The molecule has 1 aliphatic heterocycles. The van der Waals surface area contributed by atoms with E-state index in [4.69, 9.17) is 0 Å². The molecule has 1 fully saturated rings. The average molecular weight is 415 g/mol. The minimum Gasteiger partial charge on any atom is -0.329 e. The standard InChI is InChI=1S/C25H25N3O3/c1-15-6-4-8-19(14-15)22(29)13-11-18-7-5-9-20-23(18)25(31)28(17(3)27-20)21-12-10-16(2)26-24(21)30/h4-9,14,21H,2,10-13H2,1,3H3,(H,26,30). The summed E-state index contributed by atoms with van der Waals surface area (Å²) in [4.78, 5) is 43.3. The molecule has 0 bridgehead atoms. The zero-order valence-electron chi connectivity index (χ0n) is 17.8. The molecule has 6 nitrogen and oxygen atoms in total. The number of carbonyl (C=O) groups excluding carboxylic acids is 2. The highest BCUT2D eigenvalue weighted by Crippen LogP contribution is 2.24. The molecule has 1 atom stereocenters. The van der Waals surface area contributed by atoms with Crippen LogP contribution in [0, 0.1) is 13.8 Å². The monoisotopic (exact) mass is 415 g/mol. The second-order valence-corrected chi connectivity index (χ2v) is 8.09. The van der Waals surface area contributed by atoms with Gasteiger partial charge in [-0.05, 0) is 50.8 Å². The van der Waals surface area contributed by atoms with Crippen molar-refractivity contribution >= 4 is 22.6 Å². The lowest BCUT2D eigenvalue weighted by atomic mass is 9.99. The number of allylic oxidation sites excluding steroid dienone is 1. The van der Waals surface area contributed by atoms with Gasteiger partial charge in [-0.2, -0.15) is 0 Å². The van der Waals surface area contributed by atoms with Crippen molar-refractivity contribution in [2.45, 2.75) is 45.6 Å². The van der Waals surface area contributed by atoms with Gasteiger partial charge in [0.2, 0.25) is 5.91 Å². The van der Waals surface area contributed by atoms with Crippen molar-refractivity contribution in [3.05, 3.63) is 87.6 Å². The van der Waals surface area contributed by atoms with Crippen molar-refractivity contribution in [2.75, 3.05) is 0 Å².